The Morgan fingerprint density at radius 3 is 1.27 bits per heavy atom. The van der Waals surface area contributed by atoms with E-state index in [-0.39, 0.29) is 0 Å². The Hall–Kier alpha value is -9.72. The summed E-state index contributed by atoms with van der Waals surface area (Å²) in [4.78, 5) is 20.9. The number of para-hydroxylation sites is 5. The molecule has 1 aliphatic heterocycles. The van der Waals surface area contributed by atoms with Gasteiger partial charge in [-0.15, -0.1) is 0 Å². The van der Waals surface area contributed by atoms with E-state index in [0.717, 1.165) is 84.5 Å². The lowest BCUT2D eigenvalue weighted by molar-refractivity contribution is 0.569. The van der Waals surface area contributed by atoms with Crippen LogP contribution in [0.5, 0.6) is 0 Å². The number of aryl methyl sites for hydroxylation is 1. The number of anilines is 9. The van der Waals surface area contributed by atoms with E-state index in [2.05, 4.69) is 245 Å². The summed E-state index contributed by atoms with van der Waals surface area (Å²) in [6.45, 7) is 1.87. The van der Waals surface area contributed by atoms with Crippen LogP contribution in [-0.4, -0.2) is 9.78 Å². The highest BCUT2D eigenvalue weighted by atomic mass is 16.4. The Balaban J connectivity index is 1.16. The summed E-state index contributed by atoms with van der Waals surface area (Å²) in [5, 5.41) is 6.19. The van der Waals surface area contributed by atoms with Crippen molar-refractivity contribution >= 4 is 73.1 Å². The maximum Gasteiger partial charge on any atom is 0.347 e. The van der Waals surface area contributed by atoms with Crippen LogP contribution >= 0.6 is 0 Å². The van der Waals surface area contributed by atoms with Gasteiger partial charge in [0.05, 0.1) is 33.7 Å². The van der Waals surface area contributed by atoms with Gasteiger partial charge in [0.15, 0.2) is 0 Å². The molecule has 12 aromatic rings. The first-order chi connectivity index (χ1) is 36.1. The Bertz CT molecular complexity index is 3740. The van der Waals surface area contributed by atoms with Crippen LogP contribution in [0.3, 0.4) is 0 Å². The zero-order valence-corrected chi connectivity index (χ0v) is 40.0. The Kier molecular flexibility index (Phi) is 10.6. The normalized spacial score (nSPS) is 12.6. The van der Waals surface area contributed by atoms with Gasteiger partial charge in [0.25, 0.3) is 0 Å². The summed E-state index contributed by atoms with van der Waals surface area (Å²) in [6.07, 6.45) is 0. The molecule has 0 saturated carbocycles. The van der Waals surface area contributed by atoms with E-state index in [0.29, 0.717) is 22.2 Å². The SMILES string of the molecule is Cc1nn(-c2ccccc2)c2c1c(=O)oc1ccc(N3c4ccc(N(c5ccccc5)c5ccccc5)cc4C(c4ccccc4)(c4ccccc4)c4cc(N(c5ccccc5)c5ccccc5)ccc43)cc12. The van der Waals surface area contributed by atoms with E-state index in [1.807, 2.05) is 48.0 Å². The second-order valence-corrected chi connectivity index (χ2v) is 18.4. The van der Waals surface area contributed by atoms with Crippen molar-refractivity contribution in [2.75, 3.05) is 14.7 Å². The summed E-state index contributed by atoms with van der Waals surface area (Å²) in [6, 6.07) is 94.2. The van der Waals surface area contributed by atoms with Gasteiger partial charge in [-0.2, -0.15) is 5.10 Å². The number of aromatic nitrogens is 2. The minimum atomic E-state index is -0.867. The van der Waals surface area contributed by atoms with Gasteiger partial charge in [-0.25, -0.2) is 9.48 Å². The highest BCUT2D eigenvalue weighted by Crippen LogP contribution is 2.60. The van der Waals surface area contributed by atoms with E-state index in [4.69, 9.17) is 9.52 Å². The molecule has 0 bridgehead atoms. The van der Waals surface area contributed by atoms with E-state index >= 15 is 0 Å². The van der Waals surface area contributed by atoms with Gasteiger partial charge in [0.2, 0.25) is 0 Å². The first-order valence-corrected chi connectivity index (χ1v) is 24.6. The largest absolute Gasteiger partial charge is 0.422 e. The lowest BCUT2D eigenvalue weighted by Crippen LogP contribution is -2.38. The van der Waals surface area contributed by atoms with Crippen LogP contribution in [0, 0.1) is 6.92 Å². The van der Waals surface area contributed by atoms with E-state index in [9.17, 15) is 4.79 Å². The van der Waals surface area contributed by atoms with Crippen molar-refractivity contribution in [3.63, 3.8) is 0 Å². The predicted molar refractivity (Wildman–Crippen MR) is 298 cm³/mol. The molecule has 0 spiro atoms. The summed E-state index contributed by atoms with van der Waals surface area (Å²) in [5.74, 6) is 0. The van der Waals surface area contributed by atoms with Crippen molar-refractivity contribution < 1.29 is 4.42 Å². The minimum absolute atomic E-state index is 0.415. The molecule has 0 saturated heterocycles. The third-order valence-electron chi connectivity index (χ3n) is 14.2. The summed E-state index contributed by atoms with van der Waals surface area (Å²) < 4.78 is 8.03. The maximum absolute atomic E-state index is 13.9. The first kappa shape index (κ1) is 43.3. The molecule has 7 nitrogen and oxygen atoms in total. The number of fused-ring (bicyclic) bond motifs is 5. The van der Waals surface area contributed by atoms with Crippen LogP contribution in [0.4, 0.5) is 51.2 Å². The third kappa shape index (κ3) is 7.20. The van der Waals surface area contributed by atoms with Crippen molar-refractivity contribution in [2.24, 2.45) is 0 Å². The number of nitrogens with zero attached hydrogens (tertiary/aromatic N) is 5. The van der Waals surface area contributed by atoms with Gasteiger partial charge in [0.1, 0.15) is 11.0 Å². The van der Waals surface area contributed by atoms with Crippen molar-refractivity contribution in [1.29, 1.82) is 0 Å². The highest BCUT2D eigenvalue weighted by Gasteiger charge is 2.47. The first-order valence-electron chi connectivity index (χ1n) is 24.6. The fourth-order valence-corrected chi connectivity index (χ4v) is 11.1. The monoisotopic (exact) mass is 941 g/mol. The van der Waals surface area contributed by atoms with E-state index in [1.165, 1.54) is 0 Å². The molecule has 73 heavy (non-hydrogen) atoms. The predicted octanol–water partition coefficient (Wildman–Crippen LogP) is 16.5. The number of benzene rings is 10. The molecule has 7 heteroatoms. The molecule has 10 aromatic carbocycles. The summed E-state index contributed by atoms with van der Waals surface area (Å²) >= 11 is 0. The van der Waals surface area contributed by atoms with Crippen molar-refractivity contribution in [3.05, 3.63) is 305 Å². The molecule has 2 aromatic heterocycles. The molecular formula is C66H47N5O2. The van der Waals surface area contributed by atoms with Crippen molar-refractivity contribution in [2.45, 2.75) is 12.3 Å². The standard InChI is InChI=1S/C66H47N5O2/c1-46-63-64(71(67-46)53-35-21-8-22-36-53)57-43-54(39-42-62(57)73-65(63)72)70-60-40-37-55(68(49-27-13-4-14-28-49)50-29-15-5-16-30-50)44-58(60)66(47-23-9-2-10-24-47,48-25-11-3-12-26-48)59-45-56(38-41-61(59)70)69(51-31-17-6-18-32-51)52-33-19-7-20-34-52/h2-45H,1H3. The second kappa shape index (κ2) is 17.9. The van der Waals surface area contributed by atoms with Crippen LogP contribution in [0.25, 0.3) is 27.6 Å². The Morgan fingerprint density at radius 2 is 0.836 bits per heavy atom. The van der Waals surface area contributed by atoms with E-state index < -0.39 is 11.0 Å². The molecule has 0 atom stereocenters. The van der Waals surface area contributed by atoms with E-state index in [1.54, 1.807) is 0 Å². The van der Waals surface area contributed by atoms with Gasteiger partial charge in [-0.1, -0.05) is 152 Å². The van der Waals surface area contributed by atoms with Crippen molar-refractivity contribution in [1.82, 2.24) is 9.78 Å². The van der Waals surface area contributed by atoms with Crippen LogP contribution in [0.1, 0.15) is 27.9 Å². The molecule has 0 unspecified atom stereocenters. The number of hydrogen-bond donors (Lipinski definition) is 0. The van der Waals surface area contributed by atoms with Gasteiger partial charge < -0.3 is 19.1 Å². The molecule has 348 valence electrons. The molecule has 0 radical (unpaired) electrons. The van der Waals surface area contributed by atoms with Gasteiger partial charge >= 0.3 is 5.63 Å². The lowest BCUT2D eigenvalue weighted by Gasteiger charge is -2.47. The molecule has 0 N–H and O–H groups in total. The molecular weight excluding hydrogens is 895 g/mol. The topological polar surface area (TPSA) is 57.8 Å². The zero-order chi connectivity index (χ0) is 48.9. The average molecular weight is 942 g/mol. The number of rotatable bonds is 10. The van der Waals surface area contributed by atoms with Crippen LogP contribution in [-0.2, 0) is 5.41 Å². The quantitative estimate of drug-likeness (QED) is 0.127. The van der Waals surface area contributed by atoms with Gasteiger partial charge in [0, 0.05) is 45.2 Å². The number of hydrogen-bond acceptors (Lipinski definition) is 6. The fourth-order valence-electron chi connectivity index (χ4n) is 11.1. The zero-order valence-electron chi connectivity index (χ0n) is 40.0. The maximum atomic E-state index is 13.9. The molecule has 0 aliphatic carbocycles. The summed E-state index contributed by atoms with van der Waals surface area (Å²) in [7, 11) is 0. The Labute approximate surface area is 423 Å². The van der Waals surface area contributed by atoms with Gasteiger partial charge in [-0.3, -0.25) is 0 Å². The second-order valence-electron chi connectivity index (χ2n) is 18.4. The molecule has 1 aliphatic rings. The lowest BCUT2D eigenvalue weighted by atomic mass is 9.62. The van der Waals surface area contributed by atoms with Crippen molar-refractivity contribution in [3.8, 4) is 5.69 Å². The third-order valence-corrected chi connectivity index (χ3v) is 14.2. The molecule has 0 amide bonds. The highest BCUT2D eigenvalue weighted by molar-refractivity contribution is 6.06. The molecule has 13 rings (SSSR count). The smallest absolute Gasteiger partial charge is 0.347 e. The van der Waals surface area contributed by atoms with Crippen LogP contribution in [0.2, 0.25) is 0 Å². The average Bonchev–Trinajstić information content (AvgIpc) is 3.82. The van der Waals surface area contributed by atoms with Crippen LogP contribution < -0.4 is 20.3 Å². The van der Waals surface area contributed by atoms with Crippen LogP contribution in [0.15, 0.2) is 276 Å². The van der Waals surface area contributed by atoms with Gasteiger partial charge in [-0.05, 0) is 144 Å². The Morgan fingerprint density at radius 1 is 0.425 bits per heavy atom. The minimum Gasteiger partial charge on any atom is -0.422 e. The molecule has 3 heterocycles. The molecule has 0 fully saturated rings. The summed E-state index contributed by atoms with van der Waals surface area (Å²) in [5.41, 5.74) is 14.9. The fraction of sp³-hybridized carbons (Fsp3) is 0.0303.